The van der Waals surface area contributed by atoms with Gasteiger partial charge in [0.25, 0.3) is 0 Å². The predicted octanol–water partition coefficient (Wildman–Crippen LogP) is 4.00. The minimum Gasteiger partial charge on any atom is -0.0956 e. The fourth-order valence-corrected chi connectivity index (χ4v) is 2.81. The molecule has 11 heavy (non-hydrogen) atoms. The van der Waals surface area contributed by atoms with Gasteiger partial charge < -0.3 is 0 Å². The number of hydrogen-bond acceptors (Lipinski definition) is 0. The van der Waals surface area contributed by atoms with E-state index in [4.69, 9.17) is 0 Å². The molecule has 0 radical (unpaired) electrons. The average Bonchev–Trinajstić information content (AvgIpc) is 1.56. The lowest BCUT2D eigenvalue weighted by Crippen LogP contribution is -2.35. The second-order valence-electron chi connectivity index (χ2n) is 5.19. The van der Waals surface area contributed by atoms with E-state index in [1.807, 2.05) is 0 Å². The Morgan fingerprint density at radius 2 is 1.45 bits per heavy atom. The number of rotatable bonds is 1. The first kappa shape index (κ1) is 11.0. The largest absolute Gasteiger partial charge is 0.0956 e. The van der Waals surface area contributed by atoms with Crippen LogP contribution in [0.5, 0.6) is 0 Å². The highest BCUT2D eigenvalue weighted by Gasteiger charge is 2.32. The summed E-state index contributed by atoms with van der Waals surface area (Å²) in [4.78, 5) is 0. The summed E-state index contributed by atoms with van der Waals surface area (Å²) in [5.41, 5.74) is 3.96. The summed E-state index contributed by atoms with van der Waals surface area (Å²) in [5, 5.41) is 0.490. The third kappa shape index (κ3) is 3.24. The second-order valence-corrected chi connectivity index (χ2v) is 10.4. The molecule has 0 heterocycles. The number of allylic oxidation sites excluding steroid dienone is 1. The minimum absolute atomic E-state index is 0.490. The molecule has 1 heteroatoms. The molecule has 0 amide bonds. The third-order valence-corrected chi connectivity index (χ3v) is 7.75. The monoisotopic (exact) mass is 170 g/mol. The Kier molecular flexibility index (Phi) is 3.12. The molecule has 66 valence electrons. The van der Waals surface area contributed by atoms with Crippen LogP contribution in [-0.2, 0) is 0 Å². The van der Waals surface area contributed by atoms with Gasteiger partial charge in [-0.1, -0.05) is 45.1 Å². The van der Waals surface area contributed by atoms with Gasteiger partial charge in [-0.25, -0.2) is 0 Å². The molecular weight excluding hydrogens is 148 g/mol. The maximum absolute atomic E-state index is 2.49. The first-order chi connectivity index (χ1) is 4.67. The maximum Gasteiger partial charge on any atom is 0.0769 e. The lowest BCUT2D eigenvalue weighted by atomic mass is 10.2. The van der Waals surface area contributed by atoms with Crippen LogP contribution in [0.15, 0.2) is 11.3 Å². The van der Waals surface area contributed by atoms with E-state index in [9.17, 15) is 0 Å². The molecule has 0 bridgehead atoms. The van der Waals surface area contributed by atoms with Crippen molar-refractivity contribution in [3.8, 4) is 0 Å². The van der Waals surface area contributed by atoms with Gasteiger partial charge in [-0.15, -0.1) is 0 Å². The lowest BCUT2D eigenvalue weighted by Gasteiger charge is -2.34. The highest BCUT2D eigenvalue weighted by molar-refractivity contribution is 6.84. The summed E-state index contributed by atoms with van der Waals surface area (Å²) in [5.74, 6) is 0. The number of hydrogen-bond donors (Lipinski definition) is 0. The Hall–Kier alpha value is -0.0431. The van der Waals surface area contributed by atoms with Crippen LogP contribution >= 0.6 is 0 Å². The first-order valence-corrected chi connectivity index (χ1v) is 7.40. The smallest absolute Gasteiger partial charge is 0.0769 e. The van der Waals surface area contributed by atoms with Crippen LogP contribution in [0.2, 0.25) is 18.1 Å². The topological polar surface area (TPSA) is 0 Å². The molecule has 0 aliphatic heterocycles. The summed E-state index contributed by atoms with van der Waals surface area (Å²) in [7, 11) is -1.13. The van der Waals surface area contributed by atoms with E-state index in [1.54, 1.807) is 0 Å². The van der Waals surface area contributed by atoms with Crippen LogP contribution in [0.25, 0.3) is 0 Å². The molecule has 0 aliphatic rings. The Morgan fingerprint density at radius 3 is 1.55 bits per heavy atom. The molecule has 0 N–H and O–H groups in total. The highest BCUT2D eigenvalue weighted by Crippen LogP contribution is 2.37. The molecule has 0 unspecified atom stereocenters. The lowest BCUT2D eigenvalue weighted by molar-refractivity contribution is 0.728. The molecule has 0 aromatic carbocycles. The Balaban J connectivity index is 4.61. The van der Waals surface area contributed by atoms with E-state index in [0.717, 1.165) is 0 Å². The zero-order valence-electron chi connectivity index (χ0n) is 9.08. The molecule has 0 aliphatic carbocycles. The van der Waals surface area contributed by atoms with Crippen molar-refractivity contribution in [1.29, 1.82) is 0 Å². The molecule has 0 nitrogen and oxygen atoms in total. The van der Waals surface area contributed by atoms with Gasteiger partial charge in [-0.2, -0.15) is 0 Å². The van der Waals surface area contributed by atoms with Crippen LogP contribution in [0, 0.1) is 0 Å². The molecule has 0 saturated carbocycles. The van der Waals surface area contributed by atoms with Gasteiger partial charge in [-0.05, 0) is 18.9 Å². The van der Waals surface area contributed by atoms with Crippen molar-refractivity contribution in [1.82, 2.24) is 0 Å². The fourth-order valence-electron chi connectivity index (χ4n) is 0.938. The Bertz CT molecular complexity index is 154. The molecule has 0 aromatic rings. The Morgan fingerprint density at radius 1 is 1.09 bits per heavy atom. The summed E-state index contributed by atoms with van der Waals surface area (Å²) < 4.78 is 0. The van der Waals surface area contributed by atoms with Crippen molar-refractivity contribution >= 4 is 8.07 Å². The van der Waals surface area contributed by atoms with Crippen LogP contribution in [0.3, 0.4) is 0 Å². The molecule has 0 fully saturated rings. The summed E-state index contributed by atoms with van der Waals surface area (Å²) in [6, 6.07) is 0. The molecule has 0 spiro atoms. The van der Waals surface area contributed by atoms with Crippen LogP contribution in [-0.4, -0.2) is 8.07 Å². The zero-order valence-corrected chi connectivity index (χ0v) is 10.1. The van der Waals surface area contributed by atoms with E-state index in [1.165, 1.54) is 5.57 Å². The second kappa shape index (κ2) is 3.14. The predicted molar refractivity (Wildman–Crippen MR) is 56.6 cm³/mol. The SMILES string of the molecule is CC(C)=C[Si](C)(C)C(C)(C)C. The van der Waals surface area contributed by atoms with Crippen molar-refractivity contribution in [2.75, 3.05) is 0 Å². The standard InChI is InChI=1S/C10H22Si/c1-9(2)8-11(6,7)10(3,4)5/h8H,1-7H3. The summed E-state index contributed by atoms with van der Waals surface area (Å²) in [6.45, 7) is 16.3. The van der Waals surface area contributed by atoms with E-state index < -0.39 is 8.07 Å². The molecule has 0 rings (SSSR count). The Labute approximate surface area is 72.7 Å². The van der Waals surface area contributed by atoms with Gasteiger partial charge in [0.2, 0.25) is 0 Å². The van der Waals surface area contributed by atoms with Crippen molar-refractivity contribution in [3.63, 3.8) is 0 Å². The van der Waals surface area contributed by atoms with Crippen LogP contribution < -0.4 is 0 Å². The van der Waals surface area contributed by atoms with Gasteiger partial charge in [-0.3, -0.25) is 0 Å². The minimum atomic E-state index is -1.13. The van der Waals surface area contributed by atoms with Crippen molar-refractivity contribution in [3.05, 3.63) is 11.3 Å². The van der Waals surface area contributed by atoms with E-state index in [2.05, 4.69) is 53.4 Å². The fraction of sp³-hybridized carbons (Fsp3) is 0.800. The normalized spacial score (nSPS) is 13.0. The van der Waals surface area contributed by atoms with Crippen molar-refractivity contribution < 1.29 is 0 Å². The molecule has 0 atom stereocenters. The van der Waals surface area contributed by atoms with Gasteiger partial charge >= 0.3 is 0 Å². The zero-order chi connectivity index (χ0) is 9.28. The summed E-state index contributed by atoms with van der Waals surface area (Å²) in [6.07, 6.45) is 0. The van der Waals surface area contributed by atoms with Crippen LogP contribution in [0.4, 0.5) is 0 Å². The highest BCUT2D eigenvalue weighted by atomic mass is 28.3. The molecule has 0 saturated heterocycles. The van der Waals surface area contributed by atoms with Crippen molar-refractivity contribution in [2.45, 2.75) is 52.8 Å². The summed E-state index contributed by atoms with van der Waals surface area (Å²) >= 11 is 0. The third-order valence-electron chi connectivity index (χ3n) is 2.58. The van der Waals surface area contributed by atoms with E-state index in [-0.39, 0.29) is 0 Å². The average molecular weight is 170 g/mol. The van der Waals surface area contributed by atoms with E-state index >= 15 is 0 Å². The quantitative estimate of drug-likeness (QED) is 0.522. The van der Waals surface area contributed by atoms with Crippen molar-refractivity contribution in [2.24, 2.45) is 0 Å². The van der Waals surface area contributed by atoms with E-state index in [0.29, 0.717) is 5.04 Å². The van der Waals surface area contributed by atoms with Gasteiger partial charge in [0, 0.05) is 0 Å². The molecular formula is C10H22Si. The van der Waals surface area contributed by atoms with Gasteiger partial charge in [0.1, 0.15) is 0 Å². The first-order valence-electron chi connectivity index (χ1n) is 4.33. The van der Waals surface area contributed by atoms with Crippen LogP contribution in [0.1, 0.15) is 34.6 Å². The van der Waals surface area contributed by atoms with Gasteiger partial charge in [0.05, 0.1) is 8.07 Å². The van der Waals surface area contributed by atoms with Gasteiger partial charge in [0.15, 0.2) is 0 Å². The maximum atomic E-state index is 2.49. The molecule has 0 aromatic heterocycles.